The Hall–Kier alpha value is -2.59. The second-order valence-electron chi connectivity index (χ2n) is 6.13. The molecule has 10 heteroatoms. The van der Waals surface area contributed by atoms with Crippen molar-refractivity contribution in [3.63, 3.8) is 0 Å². The Morgan fingerprint density at radius 3 is 2.69 bits per heavy atom. The molecule has 2 aromatic carbocycles. The number of nitrogens with zero attached hydrogens (tertiary/aromatic N) is 2. The molecule has 1 heterocycles. The average Bonchev–Trinajstić information content (AvgIpc) is 2.80. The van der Waals surface area contributed by atoms with Crippen molar-refractivity contribution in [2.45, 2.75) is 0 Å². The quantitative estimate of drug-likeness (QED) is 0.793. The van der Waals surface area contributed by atoms with Gasteiger partial charge in [-0.25, -0.2) is 13.4 Å². The van der Waals surface area contributed by atoms with E-state index in [9.17, 15) is 18.3 Å². The highest BCUT2D eigenvalue weighted by Gasteiger charge is 2.37. The number of carbonyl (C=O) groups is 1. The Morgan fingerprint density at radius 2 is 2.08 bits per heavy atom. The Labute approximate surface area is 149 Å². The summed E-state index contributed by atoms with van der Waals surface area (Å²) in [5.74, 6) is -1.91. The molecule has 0 aliphatic carbocycles. The van der Waals surface area contributed by atoms with Gasteiger partial charge < -0.3 is 14.7 Å². The second-order valence-corrected chi connectivity index (χ2v) is 7.72. The number of anilines is 1. The van der Waals surface area contributed by atoms with Crippen molar-refractivity contribution in [2.24, 2.45) is 0 Å². The van der Waals surface area contributed by atoms with Gasteiger partial charge in [-0.2, -0.15) is 8.42 Å². The van der Waals surface area contributed by atoms with Gasteiger partial charge in [-0.1, -0.05) is 6.07 Å². The SMILES string of the molecule is CN(C)CCOc1ccc2cc(O)c(N3CC(=O)NS3(=O)=O)c(F)c2c1. The third kappa shape index (κ3) is 3.37. The Bertz CT molecular complexity index is 977. The van der Waals surface area contributed by atoms with Crippen LogP contribution in [-0.4, -0.2) is 58.1 Å². The molecule has 8 nitrogen and oxygen atoms in total. The summed E-state index contributed by atoms with van der Waals surface area (Å²) < 4.78 is 46.8. The number of carbonyl (C=O) groups excluding carboxylic acids is 1. The number of amides is 1. The third-order valence-electron chi connectivity index (χ3n) is 3.88. The van der Waals surface area contributed by atoms with Crippen LogP contribution in [0.2, 0.25) is 0 Å². The minimum Gasteiger partial charge on any atom is -0.506 e. The second kappa shape index (κ2) is 6.61. The van der Waals surface area contributed by atoms with Crippen LogP contribution in [0.1, 0.15) is 0 Å². The molecule has 1 amide bonds. The van der Waals surface area contributed by atoms with E-state index in [0.29, 0.717) is 28.6 Å². The molecule has 2 N–H and O–H groups in total. The van der Waals surface area contributed by atoms with Gasteiger partial charge in [0.25, 0.3) is 5.91 Å². The number of hydrogen-bond donors (Lipinski definition) is 2. The van der Waals surface area contributed by atoms with Gasteiger partial charge in [0.05, 0.1) is 0 Å². The van der Waals surface area contributed by atoms with Gasteiger partial charge in [-0.05, 0) is 37.7 Å². The maximum atomic E-state index is 15.0. The number of likely N-dealkylation sites (N-methyl/N-ethyl adjacent to an activating group) is 1. The molecule has 1 aliphatic heterocycles. The molecular formula is C16H18FN3O5S. The molecule has 0 aromatic heterocycles. The zero-order valence-corrected chi connectivity index (χ0v) is 15.0. The minimum absolute atomic E-state index is 0.0784. The lowest BCUT2D eigenvalue weighted by Gasteiger charge is -2.18. The molecule has 0 radical (unpaired) electrons. The van der Waals surface area contributed by atoms with E-state index in [4.69, 9.17) is 4.74 Å². The van der Waals surface area contributed by atoms with Gasteiger partial charge in [0.2, 0.25) is 0 Å². The first-order valence-electron chi connectivity index (χ1n) is 7.75. The van der Waals surface area contributed by atoms with Crippen molar-refractivity contribution in [1.29, 1.82) is 0 Å². The van der Waals surface area contributed by atoms with Crippen molar-refractivity contribution in [3.05, 3.63) is 30.1 Å². The number of halogens is 1. The molecular weight excluding hydrogens is 365 g/mol. The molecule has 26 heavy (non-hydrogen) atoms. The van der Waals surface area contributed by atoms with Gasteiger partial charge in [0, 0.05) is 11.9 Å². The monoisotopic (exact) mass is 383 g/mol. The number of phenols is 1. The molecule has 0 spiro atoms. The molecule has 0 atom stereocenters. The van der Waals surface area contributed by atoms with E-state index in [-0.39, 0.29) is 5.39 Å². The largest absolute Gasteiger partial charge is 0.506 e. The van der Waals surface area contributed by atoms with Crippen LogP contribution < -0.4 is 13.8 Å². The summed E-state index contributed by atoms with van der Waals surface area (Å²) in [6.45, 7) is 0.461. The molecule has 140 valence electrons. The molecule has 0 unspecified atom stereocenters. The molecule has 0 bridgehead atoms. The highest BCUT2D eigenvalue weighted by molar-refractivity contribution is 7.92. The van der Waals surface area contributed by atoms with Crippen LogP contribution in [0, 0.1) is 5.82 Å². The first kappa shape index (κ1) is 18.2. The van der Waals surface area contributed by atoms with Gasteiger partial charge in [0.1, 0.15) is 30.3 Å². The van der Waals surface area contributed by atoms with Gasteiger partial charge >= 0.3 is 10.2 Å². The predicted molar refractivity (Wildman–Crippen MR) is 94.0 cm³/mol. The van der Waals surface area contributed by atoms with Crippen LogP contribution in [-0.2, 0) is 15.0 Å². The lowest BCUT2D eigenvalue weighted by Crippen LogP contribution is -2.30. The number of phenolic OH excluding ortho intramolecular Hbond substituents is 1. The normalized spacial score (nSPS) is 16.3. The fraction of sp³-hybridized carbons (Fsp3) is 0.312. The number of rotatable bonds is 5. The summed E-state index contributed by atoms with van der Waals surface area (Å²) in [7, 11) is -0.453. The van der Waals surface area contributed by atoms with E-state index in [2.05, 4.69) is 0 Å². The van der Waals surface area contributed by atoms with Crippen LogP contribution in [0.25, 0.3) is 10.8 Å². The summed E-state index contributed by atoms with van der Waals surface area (Å²) in [5.41, 5.74) is -0.568. The van der Waals surface area contributed by atoms with Crippen LogP contribution in [0.15, 0.2) is 24.3 Å². The number of hydrogen-bond acceptors (Lipinski definition) is 6. The first-order chi connectivity index (χ1) is 12.2. The zero-order chi connectivity index (χ0) is 19.1. The summed E-state index contributed by atoms with van der Waals surface area (Å²) in [5, 5.41) is 10.6. The van der Waals surface area contributed by atoms with Gasteiger partial charge in [-0.15, -0.1) is 0 Å². The van der Waals surface area contributed by atoms with Crippen LogP contribution >= 0.6 is 0 Å². The smallest absolute Gasteiger partial charge is 0.326 e. The summed E-state index contributed by atoms with van der Waals surface area (Å²) >= 11 is 0. The maximum Gasteiger partial charge on any atom is 0.326 e. The number of aromatic hydroxyl groups is 1. The van der Waals surface area contributed by atoms with E-state index in [0.717, 1.165) is 0 Å². The predicted octanol–water partition coefficient (Wildman–Crippen LogP) is 0.806. The number of nitrogens with one attached hydrogen (secondary N) is 1. The van der Waals surface area contributed by atoms with E-state index >= 15 is 4.39 Å². The van der Waals surface area contributed by atoms with Crippen molar-refractivity contribution in [1.82, 2.24) is 9.62 Å². The van der Waals surface area contributed by atoms with E-state index in [1.165, 1.54) is 12.1 Å². The van der Waals surface area contributed by atoms with Crippen molar-refractivity contribution in [3.8, 4) is 11.5 Å². The average molecular weight is 383 g/mol. The number of fused-ring (bicyclic) bond motifs is 1. The van der Waals surface area contributed by atoms with E-state index in [1.807, 2.05) is 19.0 Å². The molecule has 1 fully saturated rings. The highest BCUT2D eigenvalue weighted by atomic mass is 32.2. The number of ether oxygens (including phenoxy) is 1. The summed E-state index contributed by atoms with van der Waals surface area (Å²) in [6, 6.07) is 5.87. The van der Waals surface area contributed by atoms with E-state index in [1.54, 1.807) is 16.9 Å². The Balaban J connectivity index is 2.04. The first-order valence-corrected chi connectivity index (χ1v) is 9.19. The molecule has 1 saturated heterocycles. The molecule has 2 aromatic rings. The zero-order valence-electron chi connectivity index (χ0n) is 14.2. The Morgan fingerprint density at radius 1 is 1.35 bits per heavy atom. The molecule has 3 rings (SSSR count). The third-order valence-corrected chi connectivity index (χ3v) is 5.26. The van der Waals surface area contributed by atoms with Crippen LogP contribution in [0.3, 0.4) is 0 Å². The fourth-order valence-electron chi connectivity index (χ4n) is 2.63. The van der Waals surface area contributed by atoms with Gasteiger partial charge in [0.15, 0.2) is 5.82 Å². The highest BCUT2D eigenvalue weighted by Crippen LogP contribution is 2.39. The lowest BCUT2D eigenvalue weighted by molar-refractivity contribution is -0.117. The minimum atomic E-state index is -4.24. The Kier molecular flexibility index (Phi) is 4.63. The number of benzene rings is 2. The van der Waals surface area contributed by atoms with Gasteiger partial charge in [-0.3, -0.25) is 4.79 Å². The summed E-state index contributed by atoms with van der Waals surface area (Å²) in [6.07, 6.45) is 0. The standard InChI is InChI=1S/C16H18FN3O5S/c1-19(2)5-6-25-11-4-3-10-7-13(21)16(15(17)12(10)8-11)20-9-14(22)18-26(20,23)24/h3-4,7-8,21H,5-6,9H2,1-2H3,(H,18,22). The van der Waals surface area contributed by atoms with Crippen LogP contribution in [0.4, 0.5) is 10.1 Å². The van der Waals surface area contributed by atoms with E-state index < -0.39 is 39.9 Å². The molecule has 0 saturated carbocycles. The maximum absolute atomic E-state index is 15.0. The van der Waals surface area contributed by atoms with Crippen LogP contribution in [0.5, 0.6) is 11.5 Å². The lowest BCUT2D eigenvalue weighted by atomic mass is 10.1. The topological polar surface area (TPSA) is 99.2 Å². The van der Waals surface area contributed by atoms with Crippen molar-refractivity contribution in [2.75, 3.05) is 38.1 Å². The van der Waals surface area contributed by atoms with Crippen molar-refractivity contribution >= 4 is 32.6 Å². The van der Waals surface area contributed by atoms with Crippen molar-refractivity contribution < 1.29 is 27.4 Å². The summed E-state index contributed by atoms with van der Waals surface area (Å²) in [4.78, 5) is 13.3. The fourth-order valence-corrected chi connectivity index (χ4v) is 3.79. The molecule has 1 aliphatic rings.